The first-order chi connectivity index (χ1) is 15.1. The number of halogens is 2. The average molecular weight is 441 g/mol. The summed E-state index contributed by atoms with van der Waals surface area (Å²) in [4.78, 5) is 19.3. The van der Waals surface area contributed by atoms with Crippen LogP contribution in [-0.2, 0) is 4.79 Å². The number of piperidine rings is 1. The van der Waals surface area contributed by atoms with Gasteiger partial charge in [0.05, 0.1) is 0 Å². The Morgan fingerprint density at radius 3 is 2.71 bits per heavy atom. The molecule has 0 spiro atoms. The van der Waals surface area contributed by atoms with Gasteiger partial charge in [-0.2, -0.15) is 0 Å². The van der Waals surface area contributed by atoms with Crippen LogP contribution < -0.4 is 10.6 Å². The number of fused-ring (bicyclic) bond motifs is 1. The van der Waals surface area contributed by atoms with Crippen molar-refractivity contribution in [1.82, 2.24) is 9.88 Å². The molecule has 0 unspecified atom stereocenters. The van der Waals surface area contributed by atoms with Gasteiger partial charge in [0.2, 0.25) is 5.91 Å². The van der Waals surface area contributed by atoms with E-state index < -0.39 is 5.82 Å². The average Bonchev–Trinajstić information content (AvgIpc) is 2.74. The quantitative estimate of drug-likeness (QED) is 0.474. The highest BCUT2D eigenvalue weighted by Crippen LogP contribution is 2.28. The molecule has 2 aromatic carbocycles. The number of amides is 1. The van der Waals surface area contributed by atoms with Crippen LogP contribution in [0.1, 0.15) is 32.1 Å². The van der Waals surface area contributed by atoms with E-state index in [1.807, 2.05) is 24.3 Å². The van der Waals surface area contributed by atoms with Crippen LogP contribution in [0.15, 0.2) is 48.7 Å². The summed E-state index contributed by atoms with van der Waals surface area (Å²) in [7, 11) is 0. The first-order valence-electron chi connectivity index (χ1n) is 10.7. The Morgan fingerprint density at radius 1 is 1.06 bits per heavy atom. The monoisotopic (exact) mass is 440 g/mol. The number of likely N-dealkylation sites (tertiary alicyclic amines) is 1. The number of hydrogen-bond acceptors (Lipinski definition) is 4. The zero-order valence-electron chi connectivity index (χ0n) is 17.3. The van der Waals surface area contributed by atoms with Gasteiger partial charge in [0.25, 0.3) is 0 Å². The molecule has 0 bridgehead atoms. The smallest absolute Gasteiger partial charge is 0.224 e. The molecule has 1 fully saturated rings. The summed E-state index contributed by atoms with van der Waals surface area (Å²) in [6.07, 6.45) is 6.87. The molecule has 7 heteroatoms. The third-order valence-corrected chi connectivity index (χ3v) is 5.72. The summed E-state index contributed by atoms with van der Waals surface area (Å²) in [5, 5.41) is 8.21. The van der Waals surface area contributed by atoms with Crippen molar-refractivity contribution < 1.29 is 9.18 Å². The van der Waals surface area contributed by atoms with Gasteiger partial charge in [-0.3, -0.25) is 4.79 Å². The molecule has 1 aliphatic heterocycles. The molecule has 0 radical (unpaired) electrons. The minimum atomic E-state index is -0.423. The molecule has 2 heterocycles. The van der Waals surface area contributed by atoms with E-state index in [4.69, 9.17) is 11.6 Å². The Labute approximate surface area is 186 Å². The molecule has 4 rings (SSSR count). The van der Waals surface area contributed by atoms with Gasteiger partial charge in [-0.05, 0) is 80.7 Å². The maximum Gasteiger partial charge on any atom is 0.224 e. The van der Waals surface area contributed by atoms with Gasteiger partial charge in [0.15, 0.2) is 0 Å². The van der Waals surface area contributed by atoms with E-state index >= 15 is 0 Å². The summed E-state index contributed by atoms with van der Waals surface area (Å²) < 4.78 is 13.7. The first-order valence-corrected chi connectivity index (χ1v) is 11.1. The van der Waals surface area contributed by atoms with Crippen LogP contribution >= 0.6 is 11.6 Å². The molecule has 1 saturated heterocycles. The molecule has 1 aliphatic rings. The number of carbonyl (C=O) groups excluding carboxylic acids is 1. The Morgan fingerprint density at radius 2 is 1.90 bits per heavy atom. The number of pyridine rings is 1. The lowest BCUT2D eigenvalue weighted by atomic mass is 10.1. The van der Waals surface area contributed by atoms with Crippen molar-refractivity contribution in [3.8, 4) is 0 Å². The second-order valence-electron chi connectivity index (χ2n) is 7.93. The van der Waals surface area contributed by atoms with Gasteiger partial charge in [0, 0.05) is 34.4 Å². The Hall–Kier alpha value is -2.70. The standard InChI is InChI=1S/C24H26ClFN4O/c25-18-13-19(26)15-21(14-18)29-24-22-16-20(7-6-17(22)8-9-27-24)28-23(31)5-4-12-30-10-2-1-3-11-30/h6-9,13-16H,1-5,10-12H2,(H,27,29)(H,28,31). The highest BCUT2D eigenvalue weighted by molar-refractivity contribution is 6.30. The van der Waals surface area contributed by atoms with Crippen LogP contribution in [0, 0.1) is 5.82 Å². The van der Waals surface area contributed by atoms with Gasteiger partial charge in [-0.25, -0.2) is 9.37 Å². The molecular formula is C24H26ClFN4O. The minimum absolute atomic E-state index is 0.00618. The predicted octanol–water partition coefficient (Wildman–Crippen LogP) is 5.98. The summed E-state index contributed by atoms with van der Waals surface area (Å²) in [6.45, 7) is 3.26. The number of nitrogens with one attached hydrogen (secondary N) is 2. The van der Waals surface area contributed by atoms with Crippen molar-refractivity contribution in [3.05, 3.63) is 59.5 Å². The molecule has 1 aromatic heterocycles. The molecule has 3 aromatic rings. The van der Waals surface area contributed by atoms with E-state index in [9.17, 15) is 9.18 Å². The third-order valence-electron chi connectivity index (χ3n) is 5.50. The Balaban J connectivity index is 1.43. The van der Waals surface area contributed by atoms with Crippen LogP contribution in [0.4, 0.5) is 21.6 Å². The van der Waals surface area contributed by atoms with Gasteiger partial charge in [-0.1, -0.05) is 24.1 Å². The minimum Gasteiger partial charge on any atom is -0.340 e. The Kier molecular flexibility index (Phi) is 6.99. The van der Waals surface area contributed by atoms with Crippen molar-refractivity contribution in [2.24, 2.45) is 0 Å². The summed E-state index contributed by atoms with van der Waals surface area (Å²) in [5.41, 5.74) is 1.22. The highest BCUT2D eigenvalue weighted by atomic mass is 35.5. The first kappa shape index (κ1) is 21.5. The normalized spacial score (nSPS) is 14.5. The van der Waals surface area contributed by atoms with Crippen molar-refractivity contribution in [2.75, 3.05) is 30.3 Å². The molecule has 2 N–H and O–H groups in total. The predicted molar refractivity (Wildman–Crippen MR) is 125 cm³/mol. The summed E-state index contributed by atoms with van der Waals surface area (Å²) in [5.74, 6) is 0.153. The molecule has 5 nitrogen and oxygen atoms in total. The van der Waals surface area contributed by atoms with E-state index in [2.05, 4.69) is 20.5 Å². The van der Waals surface area contributed by atoms with Crippen LogP contribution in [0.5, 0.6) is 0 Å². The lowest BCUT2D eigenvalue weighted by Crippen LogP contribution is -2.31. The second-order valence-corrected chi connectivity index (χ2v) is 8.37. The van der Waals surface area contributed by atoms with Gasteiger partial charge >= 0.3 is 0 Å². The molecule has 162 valence electrons. The zero-order chi connectivity index (χ0) is 21.6. The molecule has 0 aliphatic carbocycles. The summed E-state index contributed by atoms with van der Waals surface area (Å²) in [6, 6.07) is 11.8. The van der Waals surface area contributed by atoms with Crippen LogP contribution in [-0.4, -0.2) is 35.4 Å². The molecular weight excluding hydrogens is 415 g/mol. The topological polar surface area (TPSA) is 57.3 Å². The number of nitrogens with zero attached hydrogens (tertiary/aromatic N) is 2. The van der Waals surface area contributed by atoms with Crippen LogP contribution in [0.2, 0.25) is 5.02 Å². The van der Waals surface area contributed by atoms with Crippen molar-refractivity contribution >= 4 is 45.5 Å². The number of benzene rings is 2. The highest BCUT2D eigenvalue weighted by Gasteiger charge is 2.11. The molecule has 0 saturated carbocycles. The lowest BCUT2D eigenvalue weighted by Gasteiger charge is -2.26. The lowest BCUT2D eigenvalue weighted by molar-refractivity contribution is -0.116. The third kappa shape index (κ3) is 5.93. The SMILES string of the molecule is O=C(CCCN1CCCCC1)Nc1ccc2ccnc(Nc3cc(F)cc(Cl)c3)c2c1. The number of carbonyl (C=O) groups is 1. The Bertz CT molecular complexity index is 1050. The van der Waals surface area contributed by atoms with Crippen molar-refractivity contribution in [1.29, 1.82) is 0 Å². The van der Waals surface area contributed by atoms with Crippen LogP contribution in [0.25, 0.3) is 10.8 Å². The number of anilines is 3. The van der Waals surface area contributed by atoms with E-state index in [-0.39, 0.29) is 5.91 Å². The van der Waals surface area contributed by atoms with E-state index in [1.165, 1.54) is 31.4 Å². The van der Waals surface area contributed by atoms with E-state index in [0.29, 0.717) is 28.6 Å². The van der Waals surface area contributed by atoms with E-state index in [1.54, 1.807) is 12.3 Å². The van der Waals surface area contributed by atoms with Crippen molar-refractivity contribution in [3.63, 3.8) is 0 Å². The summed E-state index contributed by atoms with van der Waals surface area (Å²) >= 11 is 5.96. The van der Waals surface area contributed by atoms with Gasteiger partial charge < -0.3 is 15.5 Å². The van der Waals surface area contributed by atoms with E-state index in [0.717, 1.165) is 36.8 Å². The maximum atomic E-state index is 13.7. The fraction of sp³-hybridized carbons (Fsp3) is 0.333. The molecule has 0 atom stereocenters. The fourth-order valence-electron chi connectivity index (χ4n) is 3.98. The van der Waals surface area contributed by atoms with Crippen molar-refractivity contribution in [2.45, 2.75) is 32.1 Å². The maximum absolute atomic E-state index is 13.7. The number of aromatic nitrogens is 1. The number of hydrogen-bond donors (Lipinski definition) is 2. The van der Waals surface area contributed by atoms with Gasteiger partial charge in [0.1, 0.15) is 11.6 Å². The van der Waals surface area contributed by atoms with Crippen LogP contribution in [0.3, 0.4) is 0 Å². The molecule has 31 heavy (non-hydrogen) atoms. The largest absolute Gasteiger partial charge is 0.340 e. The van der Waals surface area contributed by atoms with Gasteiger partial charge in [-0.15, -0.1) is 0 Å². The number of rotatable bonds is 7. The fourth-order valence-corrected chi connectivity index (χ4v) is 4.20. The zero-order valence-corrected chi connectivity index (χ0v) is 18.1. The second kappa shape index (κ2) is 10.1. The molecule has 1 amide bonds.